The van der Waals surface area contributed by atoms with Crippen LogP contribution in [0.5, 0.6) is 5.75 Å². The number of amides is 4. The second-order valence-corrected chi connectivity index (χ2v) is 12.4. The van der Waals surface area contributed by atoms with E-state index < -0.39 is 75.7 Å². The number of carbonyl (C=O) groups is 4. The molecule has 6 atom stereocenters. The second-order valence-electron chi connectivity index (χ2n) is 10.7. The zero-order valence-corrected chi connectivity index (χ0v) is 24.1. The number of carbonyl (C=O) groups excluding carboxylic acids is 4. The van der Waals surface area contributed by atoms with Gasteiger partial charge in [0.15, 0.2) is 21.3 Å². The van der Waals surface area contributed by atoms with E-state index >= 15 is 0 Å². The van der Waals surface area contributed by atoms with Gasteiger partial charge in [-0.1, -0.05) is 45.8 Å². The van der Waals surface area contributed by atoms with Crippen LogP contribution in [-0.2, 0) is 19.2 Å². The van der Waals surface area contributed by atoms with Crippen LogP contribution in [0.25, 0.3) is 0 Å². The first-order valence-electron chi connectivity index (χ1n) is 12.7. The predicted molar refractivity (Wildman–Crippen MR) is 150 cm³/mol. The number of hydrogen-bond donors (Lipinski definition) is 3. The van der Waals surface area contributed by atoms with Gasteiger partial charge < -0.3 is 15.2 Å². The molecule has 2 aliphatic heterocycles. The lowest BCUT2D eigenvalue weighted by molar-refractivity contribution is -0.138. The molecule has 4 aliphatic rings. The van der Waals surface area contributed by atoms with Crippen molar-refractivity contribution in [3.05, 3.63) is 65.5 Å². The smallest absolute Gasteiger partial charge is 0.488 e. The molecule has 6 unspecified atom stereocenters. The Bertz CT molecular complexity index is 1580. The first kappa shape index (κ1) is 28.4. The van der Waals surface area contributed by atoms with Crippen molar-refractivity contribution in [2.24, 2.45) is 17.8 Å². The highest BCUT2D eigenvalue weighted by Crippen LogP contribution is 2.65. The zero-order chi connectivity index (χ0) is 29.6. The van der Waals surface area contributed by atoms with Crippen molar-refractivity contribution in [3.8, 4) is 5.75 Å². The van der Waals surface area contributed by atoms with Gasteiger partial charge in [-0.05, 0) is 54.1 Å². The van der Waals surface area contributed by atoms with Gasteiger partial charge in [-0.25, -0.2) is 4.39 Å². The van der Waals surface area contributed by atoms with Crippen LogP contribution in [0.3, 0.4) is 0 Å². The fraction of sp³-hybridized carbons (Fsp3) is 0.333. The van der Waals surface area contributed by atoms with Crippen LogP contribution in [0.1, 0.15) is 24.3 Å². The highest BCUT2D eigenvalue weighted by molar-refractivity contribution is 9.09. The van der Waals surface area contributed by atoms with E-state index in [9.17, 15) is 38.7 Å². The zero-order valence-electron chi connectivity index (χ0n) is 21.0. The van der Waals surface area contributed by atoms with Crippen LogP contribution in [-0.4, -0.2) is 66.0 Å². The first-order chi connectivity index (χ1) is 19.4. The lowest BCUT2D eigenvalue weighted by Crippen LogP contribution is -2.60. The molecule has 0 spiro atoms. The third kappa shape index (κ3) is 3.74. The van der Waals surface area contributed by atoms with Crippen molar-refractivity contribution in [1.29, 1.82) is 0 Å². The van der Waals surface area contributed by atoms with Crippen LogP contribution in [0, 0.1) is 23.6 Å². The Morgan fingerprint density at radius 2 is 1.76 bits per heavy atom. The van der Waals surface area contributed by atoms with Crippen molar-refractivity contribution in [3.63, 3.8) is 0 Å². The summed E-state index contributed by atoms with van der Waals surface area (Å²) in [4.78, 5) is 52.6. The van der Waals surface area contributed by atoms with Gasteiger partial charge in [0.1, 0.15) is 0 Å². The maximum atomic E-state index is 14.6. The normalized spacial score (nSPS) is 32.6. The number of alkyl halides is 3. The topological polar surface area (TPSA) is 135 Å². The number of hydrogen-bond acceptors (Lipinski definition) is 7. The molecule has 0 bridgehead atoms. The minimum Gasteiger partial charge on any atom is -0.505 e. The summed E-state index contributed by atoms with van der Waals surface area (Å²) in [5.41, 5.74) is 0.686. The van der Waals surface area contributed by atoms with Gasteiger partial charge in [0.05, 0.1) is 23.0 Å². The third-order valence-electron chi connectivity index (χ3n) is 8.75. The van der Waals surface area contributed by atoms with Crippen LogP contribution in [0.4, 0.5) is 10.1 Å². The average molecular weight is 666 g/mol. The maximum Gasteiger partial charge on any atom is 0.488 e. The highest BCUT2D eigenvalue weighted by atomic mass is 79.9. The van der Waals surface area contributed by atoms with E-state index in [2.05, 4.69) is 15.9 Å². The van der Waals surface area contributed by atoms with E-state index in [0.717, 1.165) is 21.9 Å². The monoisotopic (exact) mass is 664 g/mol. The van der Waals surface area contributed by atoms with Gasteiger partial charge in [-0.15, -0.1) is 23.2 Å². The molecule has 2 saturated heterocycles. The van der Waals surface area contributed by atoms with Gasteiger partial charge in [-0.2, -0.15) is 0 Å². The van der Waals surface area contributed by atoms with Crippen molar-refractivity contribution in [2.45, 2.75) is 28.5 Å². The molecule has 0 aromatic heterocycles. The quantitative estimate of drug-likeness (QED) is 0.150. The number of likely N-dealkylation sites (tertiary alicyclic amines) is 1. The molecule has 1 saturated carbocycles. The van der Waals surface area contributed by atoms with E-state index in [0.29, 0.717) is 5.57 Å². The van der Waals surface area contributed by atoms with E-state index in [4.69, 9.17) is 23.2 Å². The number of phenols is 1. The summed E-state index contributed by atoms with van der Waals surface area (Å²) in [5.74, 6) is -8.03. The number of aromatic hydroxyl groups is 1. The van der Waals surface area contributed by atoms with E-state index in [1.165, 1.54) is 30.3 Å². The molecule has 41 heavy (non-hydrogen) atoms. The highest BCUT2D eigenvalue weighted by Gasteiger charge is 2.76. The summed E-state index contributed by atoms with van der Waals surface area (Å²) < 4.78 is 14.6. The van der Waals surface area contributed by atoms with E-state index in [1.54, 1.807) is 6.08 Å². The van der Waals surface area contributed by atoms with Crippen LogP contribution in [0.15, 0.2) is 54.1 Å². The van der Waals surface area contributed by atoms with Gasteiger partial charge >= 0.3 is 7.12 Å². The van der Waals surface area contributed by atoms with Gasteiger partial charge in [0.2, 0.25) is 11.8 Å². The molecule has 2 aromatic carbocycles. The van der Waals surface area contributed by atoms with E-state index in [1.807, 2.05) is 0 Å². The molecule has 3 fully saturated rings. The predicted octanol–water partition coefficient (Wildman–Crippen LogP) is 2.13. The summed E-state index contributed by atoms with van der Waals surface area (Å²) >= 11 is 17.3. The lowest BCUT2D eigenvalue weighted by Gasteiger charge is -2.50. The number of nitrogens with zero attached hydrogens (tertiary/aromatic N) is 2. The summed E-state index contributed by atoms with van der Waals surface area (Å²) in [7, 11) is -1.82. The number of anilines is 1. The Labute approximate surface area is 251 Å². The fourth-order valence-corrected chi connectivity index (χ4v) is 8.33. The van der Waals surface area contributed by atoms with Crippen molar-refractivity contribution < 1.29 is 38.7 Å². The van der Waals surface area contributed by atoms with Crippen molar-refractivity contribution in [1.82, 2.24) is 4.90 Å². The SMILES string of the molecule is O=C1C2CC=C3C(CC4(Cl)C(=O)N(CBr)C(=O)C4(Cl)C3c3ccc(O)c(F)c3)C2C(=O)N1c1cccc(B(O)O)c1. The molecule has 2 aromatic rings. The molecular formula is C27H21BBrCl2FN2O7. The Hall–Kier alpha value is -2.77. The fourth-order valence-electron chi connectivity index (χ4n) is 6.91. The van der Waals surface area contributed by atoms with Crippen molar-refractivity contribution >= 4 is 81.0 Å². The second kappa shape index (κ2) is 9.63. The number of halogens is 4. The molecular weight excluding hydrogens is 645 g/mol. The maximum absolute atomic E-state index is 14.6. The molecule has 14 heteroatoms. The van der Waals surface area contributed by atoms with E-state index in [-0.39, 0.29) is 35.0 Å². The average Bonchev–Trinajstić information content (AvgIpc) is 3.28. The third-order valence-corrected chi connectivity index (χ3v) is 10.7. The largest absolute Gasteiger partial charge is 0.505 e. The summed E-state index contributed by atoms with van der Waals surface area (Å²) in [6.45, 7) is 0. The molecule has 2 aliphatic carbocycles. The van der Waals surface area contributed by atoms with Crippen LogP contribution in [0.2, 0.25) is 0 Å². The molecule has 9 nitrogen and oxygen atoms in total. The molecule has 4 amide bonds. The minimum absolute atomic E-state index is 0.0837. The number of benzene rings is 2. The molecule has 6 rings (SSSR count). The number of rotatable bonds is 4. The number of allylic oxidation sites excluding steroid dienone is 2. The first-order valence-corrected chi connectivity index (χ1v) is 14.6. The summed E-state index contributed by atoms with van der Waals surface area (Å²) in [6, 6.07) is 9.25. The van der Waals surface area contributed by atoms with Gasteiger partial charge in [-0.3, -0.25) is 29.0 Å². The summed E-state index contributed by atoms with van der Waals surface area (Å²) in [6.07, 6.45) is 1.57. The number of imide groups is 2. The van der Waals surface area contributed by atoms with Crippen LogP contribution >= 0.6 is 39.1 Å². The van der Waals surface area contributed by atoms with Crippen LogP contribution < -0.4 is 10.4 Å². The molecule has 0 radical (unpaired) electrons. The number of fused-ring (bicyclic) bond motifs is 4. The molecule has 3 N–H and O–H groups in total. The van der Waals surface area contributed by atoms with Crippen molar-refractivity contribution in [2.75, 3.05) is 10.4 Å². The Kier molecular flexibility index (Phi) is 6.66. The Morgan fingerprint density at radius 3 is 2.41 bits per heavy atom. The van der Waals surface area contributed by atoms with Gasteiger partial charge in [0.25, 0.3) is 11.8 Å². The van der Waals surface area contributed by atoms with Gasteiger partial charge in [0, 0.05) is 5.92 Å². The minimum atomic E-state index is -2.09. The standard InChI is InChI=1S/C27H21BBrCl2FN2O7/c29-11-33-24(38)26(30)10-17-15(21(27(26,31)25(33)39)12-4-7-19(35)18(32)8-12)5-6-16-20(17)23(37)34(22(16)36)14-3-1-2-13(9-14)28(40)41/h1-5,7-9,16-17,20-21,35,40-41H,6,10-11H2. The lowest BCUT2D eigenvalue weighted by atomic mass is 9.56. The molecule has 2 heterocycles. The summed E-state index contributed by atoms with van der Waals surface area (Å²) in [5, 5.41) is 29.0. The Morgan fingerprint density at radius 1 is 1.02 bits per heavy atom. The number of phenolic OH excluding ortho intramolecular Hbond substituents is 1. The molecule has 212 valence electrons. The Balaban J connectivity index is 1.50.